The molecule has 2 amide bonds. The zero-order chi connectivity index (χ0) is 48.4. The van der Waals surface area contributed by atoms with E-state index >= 15 is 0 Å². The van der Waals surface area contributed by atoms with Crippen molar-refractivity contribution in [1.82, 2.24) is 41.1 Å². The third-order valence-electron chi connectivity index (χ3n) is 11.1. The molecule has 0 saturated carbocycles. The van der Waals surface area contributed by atoms with E-state index < -0.39 is 6.10 Å². The maximum Gasteiger partial charge on any atom is 0.320 e. The van der Waals surface area contributed by atoms with Gasteiger partial charge in [0.05, 0.1) is 44.6 Å². The summed E-state index contributed by atoms with van der Waals surface area (Å²) in [4.78, 5) is 36.9. The number of aliphatic hydroxyl groups is 1. The molecule has 1 saturated heterocycles. The van der Waals surface area contributed by atoms with Gasteiger partial charge in [-0.2, -0.15) is 15.1 Å². The molecule has 68 heavy (non-hydrogen) atoms. The van der Waals surface area contributed by atoms with Crippen molar-refractivity contribution in [3.05, 3.63) is 114 Å². The van der Waals surface area contributed by atoms with E-state index in [1.165, 1.54) is 6.33 Å². The highest BCUT2D eigenvalue weighted by atomic mass is 16.5. The number of carbonyl (C=O) groups is 2. The Morgan fingerprint density at radius 1 is 0.882 bits per heavy atom. The predicted octanol–water partition coefficient (Wildman–Crippen LogP) is 7.13. The minimum Gasteiger partial charge on any atom is -0.459 e. The van der Waals surface area contributed by atoms with Crippen molar-refractivity contribution >= 4 is 34.1 Å². The monoisotopic (exact) mass is 933 g/mol. The fourth-order valence-electron chi connectivity index (χ4n) is 7.41. The van der Waals surface area contributed by atoms with Crippen LogP contribution in [-0.4, -0.2) is 114 Å². The molecule has 2 aromatic heterocycles. The first-order valence-electron chi connectivity index (χ1n) is 23.9. The standard InChI is InChI=1S/C41H57N9O4.C11H15NO2/c1-29(2)11-14-38(51)44-19-21-53-23-22-52-20-18-43-33-12-13-36-31(24-33)15-17-45-39(36)35-10-6-5-8-32(35)25-46-40-37(30(3)4)27-48-49-28-47-41(50-40)54-34-9-7-16-42-26-34;1-12-11(14)8-10(13)7-9-5-3-2-4-6-9/h5-6,8,10,12-13,15,17,24,27-30,34,42-43,48H,7,9,11,14,16,18-23,25-26H2,1-4H3,(H,44,51)(H,46,47,49,50);2-6,10,13H,7-8H2,1H3,(H,12,14). The number of benzene rings is 3. The van der Waals surface area contributed by atoms with Crippen LogP contribution in [0.5, 0.6) is 6.01 Å². The zero-order valence-electron chi connectivity index (χ0n) is 40.4. The van der Waals surface area contributed by atoms with Gasteiger partial charge < -0.3 is 45.9 Å². The number of aromatic nitrogens is 5. The second-order valence-electron chi connectivity index (χ2n) is 17.3. The molecule has 1 aliphatic heterocycles. The van der Waals surface area contributed by atoms with Gasteiger partial charge in [-0.1, -0.05) is 88.4 Å². The molecular weight excluding hydrogens is 861 g/mol. The summed E-state index contributed by atoms with van der Waals surface area (Å²) in [6.07, 6.45) is 8.69. The molecule has 16 nitrogen and oxygen atoms in total. The van der Waals surface area contributed by atoms with Crippen LogP contribution in [0.4, 0.5) is 11.5 Å². The lowest BCUT2D eigenvalue weighted by atomic mass is 9.99. The van der Waals surface area contributed by atoms with Crippen LogP contribution in [-0.2, 0) is 32.0 Å². The molecule has 3 aromatic carbocycles. The number of ether oxygens (including phenoxy) is 3. The number of aromatic amines is 1. The van der Waals surface area contributed by atoms with Gasteiger partial charge in [0.2, 0.25) is 11.8 Å². The van der Waals surface area contributed by atoms with E-state index in [4.69, 9.17) is 24.2 Å². The quantitative estimate of drug-likeness (QED) is 0.0308. The molecule has 5 aromatic rings. The topological polar surface area (TPSA) is 210 Å². The van der Waals surface area contributed by atoms with Crippen LogP contribution < -0.4 is 31.3 Å². The van der Waals surface area contributed by atoms with Crippen molar-refractivity contribution < 1.29 is 28.9 Å². The molecule has 0 bridgehead atoms. The molecular formula is C52H72N10O6. The van der Waals surface area contributed by atoms with Gasteiger partial charge in [-0.05, 0) is 78.8 Å². The number of pyridine rings is 1. The predicted molar refractivity (Wildman–Crippen MR) is 269 cm³/mol. The Labute approximate surface area is 401 Å². The normalized spacial score (nSPS) is 13.8. The van der Waals surface area contributed by atoms with Gasteiger partial charge in [-0.15, -0.1) is 0 Å². The molecule has 1 fully saturated rings. The zero-order valence-corrected chi connectivity index (χ0v) is 40.4. The van der Waals surface area contributed by atoms with Crippen LogP contribution in [0, 0.1) is 5.92 Å². The summed E-state index contributed by atoms with van der Waals surface area (Å²) in [7, 11) is 1.57. The van der Waals surface area contributed by atoms with Crippen molar-refractivity contribution in [3.8, 4) is 17.3 Å². The number of nitrogens with one attached hydrogen (secondary N) is 6. The Kier molecular flexibility index (Phi) is 22.9. The number of H-pyrrole nitrogens is 1. The summed E-state index contributed by atoms with van der Waals surface area (Å²) in [5.41, 5.74) is 6.05. The van der Waals surface area contributed by atoms with E-state index in [-0.39, 0.29) is 36.3 Å². The summed E-state index contributed by atoms with van der Waals surface area (Å²) in [5.74, 6) is 1.31. The average molecular weight is 933 g/mol. The maximum absolute atomic E-state index is 11.8. The molecule has 2 atom stereocenters. The first-order chi connectivity index (χ1) is 33.1. The molecule has 6 rings (SSSR count). The number of carbonyl (C=O) groups excluding carboxylic acids is 2. The lowest BCUT2D eigenvalue weighted by Gasteiger charge is -2.22. The van der Waals surface area contributed by atoms with E-state index in [1.807, 2.05) is 60.9 Å². The van der Waals surface area contributed by atoms with E-state index in [0.717, 1.165) is 76.8 Å². The van der Waals surface area contributed by atoms with Gasteiger partial charge in [0.1, 0.15) is 18.2 Å². The van der Waals surface area contributed by atoms with Gasteiger partial charge in [0.25, 0.3) is 0 Å². The van der Waals surface area contributed by atoms with Gasteiger partial charge in [0, 0.05) is 74.2 Å². The lowest BCUT2D eigenvalue weighted by Crippen LogP contribution is -2.37. The maximum atomic E-state index is 11.8. The van der Waals surface area contributed by atoms with Crippen LogP contribution in [0.15, 0.2) is 97.6 Å². The second kappa shape index (κ2) is 29.5. The summed E-state index contributed by atoms with van der Waals surface area (Å²) in [5, 5.41) is 34.7. The molecule has 366 valence electrons. The largest absolute Gasteiger partial charge is 0.459 e. The van der Waals surface area contributed by atoms with Gasteiger partial charge >= 0.3 is 6.01 Å². The Morgan fingerprint density at radius 3 is 2.41 bits per heavy atom. The minimum atomic E-state index is -0.600. The number of rotatable bonds is 24. The number of hydrogen-bond acceptors (Lipinski definition) is 13. The van der Waals surface area contributed by atoms with Crippen molar-refractivity contribution in [2.24, 2.45) is 5.92 Å². The molecule has 0 spiro atoms. The molecule has 7 N–H and O–H groups in total. The third kappa shape index (κ3) is 18.8. The Balaban J connectivity index is 0.000000528. The second-order valence-corrected chi connectivity index (χ2v) is 17.3. The SMILES string of the molecule is CC(C)CCC(=O)NCCOCCOCCNc1ccc2c(-c3ccccc3CNc3nc(OC4CCCNC4)ncn[nH]cc3C(C)C)nccc2c1.CNC(=O)CC(O)Cc1ccccc1. The van der Waals surface area contributed by atoms with Crippen LogP contribution in [0.1, 0.15) is 82.4 Å². The summed E-state index contributed by atoms with van der Waals surface area (Å²) in [6.45, 7) is 13.9. The Morgan fingerprint density at radius 2 is 1.66 bits per heavy atom. The highest BCUT2D eigenvalue weighted by Gasteiger charge is 2.18. The Bertz CT molecular complexity index is 2320. The smallest absolute Gasteiger partial charge is 0.320 e. The van der Waals surface area contributed by atoms with Crippen molar-refractivity contribution in [2.45, 2.75) is 90.9 Å². The van der Waals surface area contributed by atoms with Crippen molar-refractivity contribution in [3.63, 3.8) is 0 Å². The number of amides is 2. The highest BCUT2D eigenvalue weighted by Crippen LogP contribution is 2.32. The highest BCUT2D eigenvalue weighted by molar-refractivity contribution is 5.96. The number of aliphatic hydroxyl groups excluding tert-OH is 1. The third-order valence-corrected chi connectivity index (χ3v) is 11.1. The van der Waals surface area contributed by atoms with E-state index in [0.29, 0.717) is 70.6 Å². The lowest BCUT2D eigenvalue weighted by molar-refractivity contribution is -0.123. The van der Waals surface area contributed by atoms with Crippen LogP contribution in [0.25, 0.3) is 22.0 Å². The van der Waals surface area contributed by atoms with Crippen molar-refractivity contribution in [2.75, 3.05) is 70.3 Å². The fourth-order valence-corrected chi connectivity index (χ4v) is 7.41. The molecule has 1 aliphatic rings. The Hall–Kier alpha value is -6.20. The first kappa shape index (κ1) is 52.8. The first-order valence-corrected chi connectivity index (χ1v) is 23.9. The number of hydrogen-bond donors (Lipinski definition) is 7. The summed E-state index contributed by atoms with van der Waals surface area (Å²) in [6, 6.07) is 26.6. The fraction of sp³-hybridized carbons (Fsp3) is 0.462. The van der Waals surface area contributed by atoms with E-state index in [9.17, 15) is 14.7 Å². The average Bonchev–Trinajstić information content (AvgIpc) is 3.44. The molecule has 0 radical (unpaired) electrons. The number of fused-ring (bicyclic) bond motifs is 1. The van der Waals surface area contributed by atoms with Gasteiger partial charge in [-0.25, -0.2) is 0 Å². The minimum absolute atomic E-state index is 0.000864. The van der Waals surface area contributed by atoms with Crippen molar-refractivity contribution in [1.29, 1.82) is 0 Å². The number of nitrogens with zero attached hydrogens (tertiary/aromatic N) is 4. The van der Waals surface area contributed by atoms with Crippen LogP contribution in [0.2, 0.25) is 0 Å². The number of piperidine rings is 1. The molecule has 16 heteroatoms. The molecule has 0 aliphatic carbocycles. The van der Waals surface area contributed by atoms with Crippen LogP contribution in [0.3, 0.4) is 0 Å². The molecule has 2 unspecified atom stereocenters. The molecule has 3 heterocycles. The summed E-state index contributed by atoms with van der Waals surface area (Å²) >= 11 is 0. The van der Waals surface area contributed by atoms with E-state index in [2.05, 4.69) is 99.8 Å². The van der Waals surface area contributed by atoms with Gasteiger partial charge in [-0.3, -0.25) is 19.7 Å². The summed E-state index contributed by atoms with van der Waals surface area (Å²) < 4.78 is 17.6. The van der Waals surface area contributed by atoms with E-state index in [1.54, 1.807) is 7.05 Å². The van der Waals surface area contributed by atoms with Crippen LogP contribution >= 0.6 is 0 Å². The van der Waals surface area contributed by atoms with Gasteiger partial charge in [0.15, 0.2) is 0 Å². The number of anilines is 2.